The molecule has 0 aliphatic carbocycles. The van der Waals surface area contributed by atoms with E-state index in [1.165, 1.54) is 44.9 Å². The predicted molar refractivity (Wildman–Crippen MR) is 338 cm³/mol. The Morgan fingerprint density at radius 1 is 0.269 bits per heavy atom. The monoisotopic (exact) mass is 1070 g/mol. The van der Waals surface area contributed by atoms with Gasteiger partial charge in [-0.2, -0.15) is 0 Å². The van der Waals surface area contributed by atoms with Crippen LogP contribution in [0.25, 0.3) is 0 Å². The standard InChI is InChI=1S/C72H114O6/c1-4-7-10-13-16-19-21-23-25-27-29-31-33-35-36-38-39-41-43-45-47-49-51-53-56-59-62-65-71(74)77-68-69(67-76-70(73)64-61-58-55-18-15-12-9-6-3)78-72(75)66-63-60-57-54-52-50-48-46-44-42-40-37-34-32-30-28-26-24-22-20-17-14-11-8-5-2/h7-8,10-11,16-17,19-20,23-26,29-32,35-37,39-41,44-47,69H,4-6,9,12-15,18,21-22,27-28,33-34,38,42-43,48-68H2,1-3H3/b10-7-,11-8-,19-16-,20-17-,25-23-,26-24-,31-29-,32-30-,36-35-,40-37-,41-39-,46-44-,47-45-. The number of carbonyl (C=O) groups is 3. The van der Waals surface area contributed by atoms with Crippen LogP contribution in [-0.4, -0.2) is 37.2 Å². The van der Waals surface area contributed by atoms with Crippen LogP contribution in [0.5, 0.6) is 0 Å². The van der Waals surface area contributed by atoms with Gasteiger partial charge in [-0.3, -0.25) is 14.4 Å². The molecule has 0 aromatic carbocycles. The van der Waals surface area contributed by atoms with Crippen molar-refractivity contribution in [1.29, 1.82) is 0 Å². The molecule has 0 fully saturated rings. The Bertz CT molecular complexity index is 1760. The second kappa shape index (κ2) is 64.6. The largest absolute Gasteiger partial charge is 0.462 e. The minimum Gasteiger partial charge on any atom is -0.462 e. The lowest BCUT2D eigenvalue weighted by Gasteiger charge is -2.18. The zero-order chi connectivity index (χ0) is 56.4. The number of hydrogen-bond donors (Lipinski definition) is 0. The molecule has 6 nitrogen and oxygen atoms in total. The Kier molecular flexibility index (Phi) is 60.4. The van der Waals surface area contributed by atoms with Gasteiger partial charge in [-0.1, -0.05) is 269 Å². The second-order valence-electron chi connectivity index (χ2n) is 20.2. The lowest BCUT2D eigenvalue weighted by atomic mass is 10.1. The van der Waals surface area contributed by atoms with E-state index < -0.39 is 6.10 Å². The van der Waals surface area contributed by atoms with E-state index in [0.717, 1.165) is 173 Å². The smallest absolute Gasteiger partial charge is 0.306 e. The molecule has 0 amide bonds. The molecular formula is C72H114O6. The first-order valence-electron chi connectivity index (χ1n) is 31.5. The van der Waals surface area contributed by atoms with Gasteiger partial charge in [-0.05, 0) is 128 Å². The van der Waals surface area contributed by atoms with Gasteiger partial charge in [0.1, 0.15) is 13.2 Å². The van der Waals surface area contributed by atoms with Crippen LogP contribution in [-0.2, 0) is 28.6 Å². The molecule has 6 heteroatoms. The molecular weight excluding hydrogens is 961 g/mol. The van der Waals surface area contributed by atoms with Crippen LogP contribution in [0.2, 0.25) is 0 Å². The van der Waals surface area contributed by atoms with Crippen molar-refractivity contribution in [3.8, 4) is 0 Å². The summed E-state index contributed by atoms with van der Waals surface area (Å²) in [6, 6.07) is 0. The van der Waals surface area contributed by atoms with Crippen LogP contribution in [0.15, 0.2) is 158 Å². The van der Waals surface area contributed by atoms with E-state index in [-0.39, 0.29) is 31.1 Å². The number of esters is 3. The van der Waals surface area contributed by atoms with E-state index >= 15 is 0 Å². The molecule has 0 aliphatic heterocycles. The second-order valence-corrected chi connectivity index (χ2v) is 20.2. The van der Waals surface area contributed by atoms with Crippen molar-refractivity contribution >= 4 is 17.9 Å². The van der Waals surface area contributed by atoms with Crippen molar-refractivity contribution < 1.29 is 28.6 Å². The Morgan fingerprint density at radius 2 is 0.500 bits per heavy atom. The molecule has 1 atom stereocenters. The van der Waals surface area contributed by atoms with E-state index in [0.29, 0.717) is 19.3 Å². The van der Waals surface area contributed by atoms with E-state index in [1.54, 1.807) is 0 Å². The van der Waals surface area contributed by atoms with Crippen LogP contribution in [0.4, 0.5) is 0 Å². The molecule has 0 aromatic heterocycles. The number of allylic oxidation sites excluding steroid dienone is 26. The van der Waals surface area contributed by atoms with Crippen molar-refractivity contribution in [1.82, 2.24) is 0 Å². The molecule has 0 N–H and O–H groups in total. The maximum atomic E-state index is 12.9. The number of hydrogen-bond acceptors (Lipinski definition) is 6. The molecule has 0 heterocycles. The summed E-state index contributed by atoms with van der Waals surface area (Å²) in [6.45, 7) is 6.35. The predicted octanol–water partition coefficient (Wildman–Crippen LogP) is 21.7. The van der Waals surface area contributed by atoms with E-state index in [9.17, 15) is 14.4 Å². The fourth-order valence-corrected chi connectivity index (χ4v) is 8.13. The molecule has 0 saturated carbocycles. The summed E-state index contributed by atoms with van der Waals surface area (Å²) in [6.07, 6.45) is 94.0. The molecule has 78 heavy (non-hydrogen) atoms. The average Bonchev–Trinajstić information content (AvgIpc) is 3.44. The van der Waals surface area contributed by atoms with Crippen LogP contribution < -0.4 is 0 Å². The summed E-state index contributed by atoms with van der Waals surface area (Å²) in [5.74, 6) is -0.939. The summed E-state index contributed by atoms with van der Waals surface area (Å²) in [7, 11) is 0. The summed E-state index contributed by atoms with van der Waals surface area (Å²) < 4.78 is 16.8. The first-order valence-corrected chi connectivity index (χ1v) is 31.5. The summed E-state index contributed by atoms with van der Waals surface area (Å²) in [5.41, 5.74) is 0. The third kappa shape index (κ3) is 61.9. The number of carbonyl (C=O) groups excluding carboxylic acids is 3. The Balaban J connectivity index is 4.32. The minimum atomic E-state index is -0.801. The molecule has 0 radical (unpaired) electrons. The SMILES string of the molecule is CC/C=C\C/C=C\C/C=C\C/C=C\C/C=C\C/C=C\C/C=C\CCCCCCCC(=O)OCC(COC(=O)CCCCCCCCCC)OC(=O)CCCCCCCC/C=C\C/C=C\C/C=C\C/C=C\C/C=C\C/C=C\CC. The molecule has 0 aliphatic rings. The zero-order valence-corrected chi connectivity index (χ0v) is 50.1. The highest BCUT2D eigenvalue weighted by molar-refractivity contribution is 5.71. The quantitative estimate of drug-likeness (QED) is 0.0261. The van der Waals surface area contributed by atoms with Crippen LogP contribution in [0, 0.1) is 0 Å². The summed E-state index contributed by atoms with van der Waals surface area (Å²) in [5, 5.41) is 0. The maximum absolute atomic E-state index is 12.9. The third-order valence-electron chi connectivity index (χ3n) is 12.8. The van der Waals surface area contributed by atoms with Crippen molar-refractivity contribution in [3.63, 3.8) is 0 Å². The van der Waals surface area contributed by atoms with E-state index in [2.05, 4.69) is 179 Å². The maximum Gasteiger partial charge on any atom is 0.306 e. The summed E-state index contributed by atoms with van der Waals surface area (Å²) >= 11 is 0. The number of rotatable bonds is 55. The number of ether oxygens (including phenoxy) is 3. The molecule has 0 rings (SSSR count). The molecule has 438 valence electrons. The van der Waals surface area contributed by atoms with Gasteiger partial charge in [-0.15, -0.1) is 0 Å². The molecule has 0 saturated heterocycles. The Hall–Kier alpha value is -4.97. The highest BCUT2D eigenvalue weighted by atomic mass is 16.6. The van der Waals surface area contributed by atoms with E-state index in [4.69, 9.17) is 14.2 Å². The van der Waals surface area contributed by atoms with Crippen molar-refractivity contribution in [2.45, 2.75) is 264 Å². The molecule has 0 spiro atoms. The first kappa shape index (κ1) is 73.0. The van der Waals surface area contributed by atoms with Gasteiger partial charge < -0.3 is 14.2 Å². The molecule has 1 unspecified atom stereocenters. The highest BCUT2D eigenvalue weighted by Gasteiger charge is 2.19. The van der Waals surface area contributed by atoms with Crippen LogP contribution in [0.3, 0.4) is 0 Å². The van der Waals surface area contributed by atoms with Gasteiger partial charge >= 0.3 is 17.9 Å². The lowest BCUT2D eigenvalue weighted by molar-refractivity contribution is -0.167. The van der Waals surface area contributed by atoms with Crippen molar-refractivity contribution in [2.75, 3.05) is 13.2 Å². The fraction of sp³-hybridized carbons (Fsp3) is 0.597. The lowest BCUT2D eigenvalue weighted by Crippen LogP contribution is -2.30. The summed E-state index contributed by atoms with van der Waals surface area (Å²) in [4.78, 5) is 38.1. The molecule has 0 aromatic rings. The Morgan fingerprint density at radius 3 is 0.782 bits per heavy atom. The van der Waals surface area contributed by atoms with Gasteiger partial charge in [0.25, 0.3) is 0 Å². The fourth-order valence-electron chi connectivity index (χ4n) is 8.13. The molecule has 0 bridgehead atoms. The third-order valence-corrected chi connectivity index (χ3v) is 12.8. The highest BCUT2D eigenvalue weighted by Crippen LogP contribution is 2.14. The van der Waals surface area contributed by atoms with Gasteiger partial charge in [0.2, 0.25) is 0 Å². The zero-order valence-electron chi connectivity index (χ0n) is 50.1. The minimum absolute atomic E-state index is 0.0958. The first-order chi connectivity index (χ1) is 38.5. The normalized spacial score (nSPS) is 13.2. The van der Waals surface area contributed by atoms with Gasteiger partial charge in [-0.25, -0.2) is 0 Å². The van der Waals surface area contributed by atoms with Crippen molar-refractivity contribution in [3.05, 3.63) is 158 Å². The van der Waals surface area contributed by atoms with Gasteiger partial charge in [0.15, 0.2) is 6.10 Å². The average molecular weight is 1080 g/mol. The topological polar surface area (TPSA) is 78.9 Å². The van der Waals surface area contributed by atoms with Crippen LogP contribution >= 0.6 is 0 Å². The van der Waals surface area contributed by atoms with Crippen LogP contribution in [0.1, 0.15) is 258 Å². The van der Waals surface area contributed by atoms with Gasteiger partial charge in [0, 0.05) is 19.3 Å². The Labute approximate surface area is 480 Å². The van der Waals surface area contributed by atoms with E-state index in [1.807, 2.05) is 0 Å². The number of unbranched alkanes of at least 4 members (excludes halogenated alkanes) is 18. The van der Waals surface area contributed by atoms with Gasteiger partial charge in [0.05, 0.1) is 0 Å². The van der Waals surface area contributed by atoms with Crippen molar-refractivity contribution in [2.24, 2.45) is 0 Å².